The molecule has 1 saturated carbocycles. The van der Waals surface area contributed by atoms with Gasteiger partial charge >= 0.3 is 5.97 Å². The second-order valence-electron chi connectivity index (χ2n) is 11.7. The third-order valence-electron chi connectivity index (χ3n) is 8.16. The van der Waals surface area contributed by atoms with E-state index < -0.39 is 53.0 Å². The molecule has 1 saturated heterocycles. The number of benzene rings is 1. The van der Waals surface area contributed by atoms with Gasteiger partial charge in [0.2, 0.25) is 0 Å². The topological polar surface area (TPSA) is 113 Å². The highest BCUT2D eigenvalue weighted by atomic mass is 19.3. The summed E-state index contributed by atoms with van der Waals surface area (Å²) >= 11 is 0. The lowest BCUT2D eigenvalue weighted by Crippen LogP contribution is -2.55. The average molecular weight is 533 g/mol. The van der Waals surface area contributed by atoms with Crippen molar-refractivity contribution in [1.29, 1.82) is 10.7 Å². The van der Waals surface area contributed by atoms with Crippen molar-refractivity contribution in [1.82, 2.24) is 4.98 Å². The maximum Gasteiger partial charge on any atom is 0.319 e. The van der Waals surface area contributed by atoms with E-state index in [1.807, 2.05) is 39.0 Å². The number of hydrogen-bond donors (Lipinski definition) is 2. The predicted octanol–water partition coefficient (Wildman–Crippen LogP) is 6.38. The molecule has 3 N–H and O–H groups in total. The number of halogens is 2. The molecule has 0 bridgehead atoms. The van der Waals surface area contributed by atoms with E-state index in [-0.39, 0.29) is 11.4 Å². The molecule has 4 rings (SSSR count). The van der Waals surface area contributed by atoms with Gasteiger partial charge in [0.1, 0.15) is 11.5 Å². The van der Waals surface area contributed by atoms with Gasteiger partial charge in [-0.15, -0.1) is 0 Å². The number of esters is 1. The summed E-state index contributed by atoms with van der Waals surface area (Å²) < 4.78 is 36.7. The van der Waals surface area contributed by atoms with Crippen LogP contribution in [0, 0.1) is 45.3 Å². The van der Waals surface area contributed by atoms with Crippen LogP contribution in [0.15, 0.2) is 60.4 Å². The summed E-state index contributed by atoms with van der Waals surface area (Å²) in [4.78, 5) is 17.7. The molecule has 0 radical (unpaired) electrons. The maximum absolute atomic E-state index is 15.6. The Labute approximate surface area is 228 Å². The summed E-state index contributed by atoms with van der Waals surface area (Å²) in [6.45, 7) is 8.67. The summed E-state index contributed by atoms with van der Waals surface area (Å²) in [6, 6.07) is 13.0. The van der Waals surface area contributed by atoms with Gasteiger partial charge in [-0.25, -0.2) is 8.78 Å². The number of alkyl halides is 2. The molecule has 1 aliphatic heterocycles. The molecule has 2 heterocycles. The number of nitrogens with two attached hydrogens (primary N) is 1. The molecule has 2 aromatic rings. The van der Waals surface area contributed by atoms with E-state index in [2.05, 4.69) is 11.1 Å². The lowest BCUT2D eigenvalue weighted by molar-refractivity contribution is -0.164. The number of nitrogens with one attached hydrogen (secondary N) is 1. The van der Waals surface area contributed by atoms with Gasteiger partial charge in [-0.1, -0.05) is 58.0 Å². The third kappa shape index (κ3) is 4.98. The molecule has 1 aromatic carbocycles. The number of allylic oxidation sites excluding steroid dienone is 2. The van der Waals surface area contributed by atoms with Gasteiger partial charge in [-0.3, -0.25) is 9.78 Å². The van der Waals surface area contributed by atoms with E-state index in [1.54, 1.807) is 43.5 Å². The van der Waals surface area contributed by atoms with Crippen molar-refractivity contribution >= 4 is 17.8 Å². The van der Waals surface area contributed by atoms with Crippen LogP contribution < -0.4 is 5.73 Å². The van der Waals surface area contributed by atoms with E-state index in [0.29, 0.717) is 11.3 Å². The molecule has 1 aromatic heterocycles. The number of nitrogens with zero attached hydrogens (tertiary/aromatic N) is 2. The van der Waals surface area contributed by atoms with Crippen LogP contribution in [0.2, 0.25) is 0 Å². The van der Waals surface area contributed by atoms with Crippen LogP contribution in [0.5, 0.6) is 0 Å². The van der Waals surface area contributed by atoms with E-state index in [1.165, 1.54) is 13.0 Å². The first-order chi connectivity index (χ1) is 18.2. The van der Waals surface area contributed by atoms with Crippen molar-refractivity contribution in [3.8, 4) is 17.2 Å². The van der Waals surface area contributed by atoms with Crippen LogP contribution in [0.3, 0.4) is 0 Å². The molecule has 2 fully saturated rings. The molecule has 8 heteroatoms. The van der Waals surface area contributed by atoms with Crippen molar-refractivity contribution in [3.05, 3.63) is 71.7 Å². The molecule has 6 nitrogen and oxygen atoms in total. The maximum atomic E-state index is 15.6. The number of fused-ring (bicyclic) bond motifs is 1. The molecule has 0 amide bonds. The zero-order valence-electron chi connectivity index (χ0n) is 22.8. The van der Waals surface area contributed by atoms with Crippen LogP contribution in [0.4, 0.5) is 8.78 Å². The lowest BCUT2D eigenvalue weighted by Gasteiger charge is -2.48. The van der Waals surface area contributed by atoms with Gasteiger partial charge in [0, 0.05) is 52.4 Å². The number of carbonyl (C=O) groups is 1. The standard InChI is InChI=1S/C31H34F2N4O2/c1-18-23(13-12-22-11-10-21(16-37-22)24-9-7-6-8-20(24)15-34)27-19(2)39-28(38)30(27,17-31(18,32)33)26(36)14-25(35)29(3,4)5/h6-14,16,18-19,23,27,35H,17,36H2,1-5H3/b13-12+,26-14?,35-25?/t18-,19+,23-,27-,30-/m0/s1. The summed E-state index contributed by atoms with van der Waals surface area (Å²) in [5.74, 6) is -6.43. The Hall–Kier alpha value is -3.86. The number of nitriles is 1. The Balaban J connectivity index is 1.72. The fourth-order valence-corrected chi connectivity index (χ4v) is 5.75. The lowest BCUT2D eigenvalue weighted by atomic mass is 9.55. The van der Waals surface area contributed by atoms with Crippen molar-refractivity contribution in [2.75, 3.05) is 0 Å². The first-order valence-corrected chi connectivity index (χ1v) is 13.0. The van der Waals surface area contributed by atoms with Gasteiger partial charge < -0.3 is 15.9 Å². The second-order valence-corrected chi connectivity index (χ2v) is 11.7. The number of rotatable bonds is 5. The molecule has 2 aliphatic rings. The molecule has 1 aliphatic carbocycles. The largest absolute Gasteiger partial charge is 0.462 e. The first kappa shape index (κ1) is 28.2. The van der Waals surface area contributed by atoms with Crippen LogP contribution in [0.25, 0.3) is 17.2 Å². The van der Waals surface area contributed by atoms with Crippen LogP contribution in [-0.2, 0) is 9.53 Å². The highest BCUT2D eigenvalue weighted by Gasteiger charge is 2.69. The molecular formula is C31H34F2N4O2. The Morgan fingerprint density at radius 2 is 1.92 bits per heavy atom. The second kappa shape index (κ2) is 10.0. The normalized spacial score (nSPS) is 28.6. The number of hydrogen-bond acceptors (Lipinski definition) is 6. The van der Waals surface area contributed by atoms with Crippen molar-refractivity contribution in [2.45, 2.75) is 53.1 Å². The first-order valence-electron chi connectivity index (χ1n) is 13.0. The Morgan fingerprint density at radius 3 is 2.54 bits per heavy atom. The van der Waals surface area contributed by atoms with Crippen molar-refractivity contribution < 1.29 is 18.3 Å². The molecule has 204 valence electrons. The van der Waals surface area contributed by atoms with E-state index >= 15 is 8.78 Å². The highest BCUT2D eigenvalue weighted by molar-refractivity contribution is 5.98. The van der Waals surface area contributed by atoms with E-state index in [0.717, 1.165) is 11.1 Å². The molecule has 0 spiro atoms. The number of aromatic nitrogens is 1. The summed E-state index contributed by atoms with van der Waals surface area (Å²) in [7, 11) is 0. The van der Waals surface area contributed by atoms with Crippen LogP contribution >= 0.6 is 0 Å². The zero-order chi connectivity index (χ0) is 28.8. The summed E-state index contributed by atoms with van der Waals surface area (Å²) in [5, 5.41) is 17.8. The van der Waals surface area contributed by atoms with Gasteiger partial charge in [-0.2, -0.15) is 5.26 Å². The molecule has 0 unspecified atom stereocenters. The third-order valence-corrected chi connectivity index (χ3v) is 8.16. The monoisotopic (exact) mass is 532 g/mol. The van der Waals surface area contributed by atoms with Gasteiger partial charge in [0.25, 0.3) is 5.92 Å². The fourth-order valence-electron chi connectivity index (χ4n) is 5.75. The molecule has 5 atom stereocenters. The van der Waals surface area contributed by atoms with Crippen molar-refractivity contribution in [3.63, 3.8) is 0 Å². The number of ether oxygens (including phenoxy) is 1. The fraction of sp³-hybridized carbons (Fsp3) is 0.419. The minimum Gasteiger partial charge on any atom is -0.462 e. The minimum atomic E-state index is -3.20. The summed E-state index contributed by atoms with van der Waals surface area (Å²) in [6.07, 6.45) is 4.97. The highest BCUT2D eigenvalue weighted by Crippen LogP contribution is 2.61. The van der Waals surface area contributed by atoms with E-state index in [9.17, 15) is 10.1 Å². The smallest absolute Gasteiger partial charge is 0.319 e. The Morgan fingerprint density at radius 1 is 1.23 bits per heavy atom. The average Bonchev–Trinajstić information content (AvgIpc) is 3.13. The minimum absolute atomic E-state index is 0.0506. The van der Waals surface area contributed by atoms with Crippen LogP contribution in [-0.4, -0.2) is 28.7 Å². The van der Waals surface area contributed by atoms with Gasteiger partial charge in [0.15, 0.2) is 0 Å². The quantitative estimate of drug-likeness (QED) is 0.343. The summed E-state index contributed by atoms with van der Waals surface area (Å²) in [5.41, 5.74) is 6.83. The molecule has 39 heavy (non-hydrogen) atoms. The number of pyridine rings is 1. The zero-order valence-corrected chi connectivity index (χ0v) is 22.8. The van der Waals surface area contributed by atoms with E-state index in [4.69, 9.17) is 15.9 Å². The number of cyclic esters (lactones) is 1. The van der Waals surface area contributed by atoms with Crippen molar-refractivity contribution in [2.24, 2.45) is 34.3 Å². The Bertz CT molecular complexity index is 1380. The predicted molar refractivity (Wildman–Crippen MR) is 147 cm³/mol. The van der Waals surface area contributed by atoms with Crippen LogP contribution in [0.1, 0.15) is 52.3 Å². The SMILES string of the molecule is C[C@H]1OC(=O)[C@]2(C(N)=CC(=N)C(C)(C)C)CC(F)(F)[C@@H](C)[C@H](/C=C/c3ccc(-c4ccccc4C#N)cn3)[C@H]12. The number of carbonyl (C=O) groups excluding carboxylic acids is 1. The Kier molecular flexibility index (Phi) is 7.24. The molecular weight excluding hydrogens is 498 g/mol. The van der Waals surface area contributed by atoms with Gasteiger partial charge in [-0.05, 0) is 37.1 Å². The van der Waals surface area contributed by atoms with Gasteiger partial charge in [0.05, 0.1) is 17.3 Å².